The van der Waals surface area contributed by atoms with Crippen molar-refractivity contribution in [3.05, 3.63) is 102 Å². The van der Waals surface area contributed by atoms with E-state index < -0.39 is 0 Å². The van der Waals surface area contributed by atoms with E-state index in [1.807, 2.05) is 47.3 Å². The average molecular weight is 461 g/mol. The Morgan fingerprint density at radius 1 is 0.720 bits per heavy atom. The first-order valence-corrected chi connectivity index (χ1v) is 9.54. The lowest BCUT2D eigenvalue weighted by molar-refractivity contribution is 0.717. The Hall–Kier alpha value is -1.78. The second-order valence-electron chi connectivity index (χ2n) is 5.63. The molecule has 3 aromatic carbocycles. The Balaban J connectivity index is 2.23. The van der Waals surface area contributed by atoms with Gasteiger partial charge in [0.05, 0.1) is 0 Å². The highest BCUT2D eigenvalue weighted by Gasteiger charge is 2.13. The molecular weight excluding hydrogens is 443 g/mol. The van der Waals surface area contributed by atoms with E-state index >= 15 is 0 Å². The molecule has 0 bridgehead atoms. The van der Waals surface area contributed by atoms with E-state index in [1.165, 1.54) is 22.3 Å². The van der Waals surface area contributed by atoms with Crippen molar-refractivity contribution in [3.63, 3.8) is 0 Å². The predicted molar refractivity (Wildman–Crippen MR) is 115 cm³/mol. The summed E-state index contributed by atoms with van der Waals surface area (Å²) in [5, 5.41) is 0. The molecule has 25 heavy (non-hydrogen) atoms. The van der Waals surface area contributed by atoms with Gasteiger partial charge in [-0.05, 0) is 46.4 Å². The van der Waals surface area contributed by atoms with E-state index in [1.54, 1.807) is 0 Å². The van der Waals surface area contributed by atoms with Crippen LogP contribution < -0.4 is 3.07 Å². The summed E-state index contributed by atoms with van der Waals surface area (Å²) in [5.41, 5.74) is 6.02. The Kier molecular flexibility index (Phi) is 6.54. The molecule has 0 aliphatic heterocycles. The second-order valence-corrected chi connectivity index (χ2v) is 6.44. The molecule has 0 N–H and O–H groups in total. The molecule has 0 fully saturated rings. The van der Waals surface area contributed by atoms with E-state index in [-0.39, 0.29) is 0 Å². The molecule has 0 radical (unpaired) electrons. The van der Waals surface area contributed by atoms with Crippen LogP contribution in [0, 0.1) is 0 Å². The largest absolute Gasteiger partial charge is 0.428 e. The van der Waals surface area contributed by atoms with Crippen molar-refractivity contribution in [3.8, 4) is 5.75 Å². The molecule has 126 valence electrons. The van der Waals surface area contributed by atoms with Gasteiger partial charge < -0.3 is 3.07 Å². The van der Waals surface area contributed by atoms with Crippen LogP contribution in [0.1, 0.15) is 23.1 Å². The predicted octanol–water partition coefficient (Wildman–Crippen LogP) is 7.00. The Labute approximate surface area is 168 Å². The van der Waals surface area contributed by atoms with Crippen LogP contribution in [0.2, 0.25) is 0 Å². The second kappa shape index (κ2) is 9.07. The highest BCUT2D eigenvalue weighted by molar-refractivity contribution is 14.1. The first-order valence-electron chi connectivity index (χ1n) is 8.12. The zero-order chi connectivity index (χ0) is 17.5. The summed E-state index contributed by atoms with van der Waals surface area (Å²) in [7, 11) is 0. The summed E-state index contributed by atoms with van der Waals surface area (Å²) in [4.78, 5) is 0. The molecule has 3 heteroatoms. The molecule has 0 saturated heterocycles. The average Bonchev–Trinajstić information content (AvgIpc) is 2.69. The number of hydrogen-bond acceptors (Lipinski definition) is 1. The van der Waals surface area contributed by atoms with Gasteiger partial charge in [-0.3, -0.25) is 0 Å². The fourth-order valence-corrected chi connectivity index (χ4v) is 3.42. The normalized spacial score (nSPS) is 11.8. The van der Waals surface area contributed by atoms with Crippen molar-refractivity contribution in [2.45, 2.75) is 6.42 Å². The van der Waals surface area contributed by atoms with Crippen LogP contribution in [0.3, 0.4) is 0 Å². The van der Waals surface area contributed by atoms with Gasteiger partial charge in [-0.15, -0.1) is 11.6 Å². The maximum absolute atomic E-state index is 6.16. The van der Waals surface area contributed by atoms with Gasteiger partial charge in [-0.1, -0.05) is 72.8 Å². The van der Waals surface area contributed by atoms with E-state index in [2.05, 4.69) is 60.7 Å². The van der Waals surface area contributed by atoms with Crippen LogP contribution >= 0.6 is 34.6 Å². The minimum absolute atomic E-state index is 0.579. The first-order chi connectivity index (χ1) is 12.3. The number of hydrogen-bond donors (Lipinski definition) is 0. The van der Waals surface area contributed by atoms with Crippen molar-refractivity contribution < 1.29 is 3.07 Å². The van der Waals surface area contributed by atoms with Crippen molar-refractivity contribution >= 4 is 45.8 Å². The molecule has 0 atom stereocenters. The molecular formula is C22H18ClIO. The van der Waals surface area contributed by atoms with Gasteiger partial charge in [0.1, 0.15) is 5.75 Å². The lowest BCUT2D eigenvalue weighted by Crippen LogP contribution is -1.96. The van der Waals surface area contributed by atoms with Crippen LogP contribution in [0.4, 0.5) is 0 Å². The van der Waals surface area contributed by atoms with Crippen molar-refractivity contribution in [1.29, 1.82) is 0 Å². The van der Waals surface area contributed by atoms with E-state index in [0.29, 0.717) is 5.88 Å². The van der Waals surface area contributed by atoms with Gasteiger partial charge in [-0.2, -0.15) is 0 Å². The third-order valence-corrected chi connectivity index (χ3v) is 4.76. The van der Waals surface area contributed by atoms with Crippen molar-refractivity contribution in [1.82, 2.24) is 0 Å². The summed E-state index contributed by atoms with van der Waals surface area (Å²) >= 11 is 8.06. The maximum Gasteiger partial charge on any atom is 0.192 e. The molecule has 0 aliphatic carbocycles. The van der Waals surface area contributed by atoms with Gasteiger partial charge in [0.25, 0.3) is 0 Å². The fourth-order valence-electron chi connectivity index (χ4n) is 2.94. The lowest BCUT2D eigenvalue weighted by atomic mass is 9.88. The zero-order valence-electron chi connectivity index (χ0n) is 13.7. The topological polar surface area (TPSA) is 9.23 Å². The Morgan fingerprint density at radius 2 is 1.24 bits per heavy atom. The summed E-state index contributed by atoms with van der Waals surface area (Å²) < 4.78 is 5.28. The first kappa shape index (κ1) is 18.0. The summed E-state index contributed by atoms with van der Waals surface area (Å²) in [6.45, 7) is 0. The van der Waals surface area contributed by atoms with E-state index in [9.17, 15) is 0 Å². The molecule has 0 aromatic heterocycles. The molecule has 0 unspecified atom stereocenters. The molecule has 0 saturated carbocycles. The van der Waals surface area contributed by atoms with Gasteiger partial charge >= 0.3 is 0 Å². The van der Waals surface area contributed by atoms with Crippen molar-refractivity contribution in [2.75, 3.05) is 5.88 Å². The van der Waals surface area contributed by atoms with Gasteiger partial charge in [-0.25, -0.2) is 0 Å². The minimum atomic E-state index is 0.579. The quantitative estimate of drug-likeness (QED) is 0.218. The van der Waals surface area contributed by atoms with Crippen LogP contribution in [0.25, 0.3) is 11.1 Å². The molecule has 0 amide bonds. The number of benzene rings is 3. The molecule has 3 rings (SSSR count). The van der Waals surface area contributed by atoms with E-state index in [4.69, 9.17) is 14.7 Å². The fraction of sp³-hybridized carbons (Fsp3) is 0.0909. The number of alkyl halides is 1. The van der Waals surface area contributed by atoms with Crippen LogP contribution in [0.5, 0.6) is 5.75 Å². The van der Waals surface area contributed by atoms with Crippen LogP contribution in [0.15, 0.2) is 84.9 Å². The Morgan fingerprint density at radius 3 is 1.76 bits per heavy atom. The SMILES string of the molecule is ClCC/C(=C(\c1ccccc1)c1ccc(OI)cc1)c1ccccc1. The minimum Gasteiger partial charge on any atom is -0.428 e. The van der Waals surface area contributed by atoms with Crippen molar-refractivity contribution in [2.24, 2.45) is 0 Å². The summed E-state index contributed by atoms with van der Waals surface area (Å²) in [6.07, 6.45) is 0.806. The van der Waals surface area contributed by atoms with Gasteiger partial charge in [0.15, 0.2) is 23.0 Å². The molecule has 3 aromatic rings. The molecule has 0 aliphatic rings. The molecule has 0 heterocycles. The molecule has 1 nitrogen and oxygen atoms in total. The van der Waals surface area contributed by atoms with Crippen LogP contribution in [-0.2, 0) is 0 Å². The standard InChI is InChI=1S/C22H18ClIO/c23-16-15-21(17-7-3-1-4-8-17)22(18-9-5-2-6-10-18)19-11-13-20(25-24)14-12-19/h1-14H,15-16H2/b22-21-. The van der Waals surface area contributed by atoms with Gasteiger partial charge in [0, 0.05) is 5.88 Å². The summed E-state index contributed by atoms with van der Waals surface area (Å²) in [6, 6.07) is 29.1. The highest BCUT2D eigenvalue weighted by Crippen LogP contribution is 2.35. The smallest absolute Gasteiger partial charge is 0.192 e. The maximum atomic E-state index is 6.16. The highest BCUT2D eigenvalue weighted by atomic mass is 127. The van der Waals surface area contributed by atoms with E-state index in [0.717, 1.165) is 17.7 Å². The van der Waals surface area contributed by atoms with Crippen LogP contribution in [-0.4, -0.2) is 5.88 Å². The third-order valence-electron chi connectivity index (χ3n) is 4.06. The molecule has 0 spiro atoms. The number of allylic oxidation sites excluding steroid dienone is 1. The Bertz CT molecular complexity index is 827. The third kappa shape index (κ3) is 4.44. The number of halogens is 2. The monoisotopic (exact) mass is 460 g/mol. The lowest BCUT2D eigenvalue weighted by Gasteiger charge is -2.17. The zero-order valence-corrected chi connectivity index (χ0v) is 16.6. The summed E-state index contributed by atoms with van der Waals surface area (Å²) in [5.74, 6) is 1.42. The number of rotatable bonds is 6. The van der Waals surface area contributed by atoms with Gasteiger partial charge in [0.2, 0.25) is 0 Å².